The lowest BCUT2D eigenvalue weighted by atomic mass is 10.1. The summed E-state index contributed by atoms with van der Waals surface area (Å²) in [5, 5.41) is 3.05. The number of nitrogens with zero attached hydrogens (tertiary/aromatic N) is 2. The van der Waals surface area contributed by atoms with E-state index in [1.54, 1.807) is 19.1 Å². The third-order valence-corrected chi connectivity index (χ3v) is 6.01. The molecular formula is C27H29N3O2. The van der Waals surface area contributed by atoms with Crippen LogP contribution in [0.5, 0.6) is 0 Å². The van der Waals surface area contributed by atoms with Crippen molar-refractivity contribution in [1.29, 1.82) is 0 Å². The van der Waals surface area contributed by atoms with Gasteiger partial charge in [0.1, 0.15) is 0 Å². The van der Waals surface area contributed by atoms with Crippen LogP contribution in [0.2, 0.25) is 0 Å². The molecule has 3 aromatic rings. The van der Waals surface area contributed by atoms with E-state index < -0.39 is 0 Å². The van der Waals surface area contributed by atoms with Crippen LogP contribution >= 0.6 is 0 Å². The zero-order chi connectivity index (χ0) is 22.7. The SMILES string of the molecule is CC(=O)c1ccc(N2CCN(c3ccccc3C)CC2)c(NC(=O)c2cccc(C)c2)c1. The van der Waals surface area contributed by atoms with Crippen molar-refractivity contribution in [3.8, 4) is 0 Å². The normalized spacial score (nSPS) is 13.7. The highest BCUT2D eigenvalue weighted by Crippen LogP contribution is 2.30. The number of piperazine rings is 1. The number of carbonyl (C=O) groups is 2. The standard InChI is InChI=1S/C27H29N3O2/c1-19-7-6-9-23(17-19)27(32)28-24-18-22(21(3)31)11-12-26(24)30-15-13-29(14-16-30)25-10-5-4-8-20(25)2/h4-12,17-18H,13-16H2,1-3H3,(H,28,32). The van der Waals surface area contributed by atoms with Crippen molar-refractivity contribution >= 4 is 28.8 Å². The van der Waals surface area contributed by atoms with Gasteiger partial charge in [0.05, 0.1) is 11.4 Å². The second kappa shape index (κ2) is 9.27. The fourth-order valence-corrected chi connectivity index (χ4v) is 4.22. The van der Waals surface area contributed by atoms with Crippen LogP contribution in [0.4, 0.5) is 17.1 Å². The Hall–Kier alpha value is -3.60. The smallest absolute Gasteiger partial charge is 0.255 e. The van der Waals surface area contributed by atoms with E-state index in [1.165, 1.54) is 11.3 Å². The van der Waals surface area contributed by atoms with Crippen LogP contribution < -0.4 is 15.1 Å². The third-order valence-electron chi connectivity index (χ3n) is 6.01. The lowest BCUT2D eigenvalue weighted by Gasteiger charge is -2.38. The second-order valence-electron chi connectivity index (χ2n) is 8.37. The van der Waals surface area contributed by atoms with Gasteiger partial charge >= 0.3 is 0 Å². The molecule has 164 valence electrons. The van der Waals surface area contributed by atoms with Gasteiger partial charge in [0, 0.05) is 43.0 Å². The molecule has 0 unspecified atom stereocenters. The maximum absolute atomic E-state index is 12.9. The summed E-state index contributed by atoms with van der Waals surface area (Å²) in [6, 6.07) is 21.5. The number of aryl methyl sites for hydroxylation is 2. The summed E-state index contributed by atoms with van der Waals surface area (Å²) in [6.07, 6.45) is 0. The highest BCUT2D eigenvalue weighted by molar-refractivity contribution is 6.07. The Morgan fingerprint density at radius 3 is 2.09 bits per heavy atom. The average Bonchev–Trinajstić information content (AvgIpc) is 2.79. The number of hydrogen-bond donors (Lipinski definition) is 1. The number of nitrogens with one attached hydrogen (secondary N) is 1. The first-order valence-electron chi connectivity index (χ1n) is 11.0. The number of ketones is 1. The third kappa shape index (κ3) is 4.67. The minimum atomic E-state index is -0.172. The Morgan fingerprint density at radius 1 is 0.750 bits per heavy atom. The van der Waals surface area contributed by atoms with Crippen LogP contribution in [-0.4, -0.2) is 37.9 Å². The summed E-state index contributed by atoms with van der Waals surface area (Å²) in [5.41, 5.74) is 6.39. The number of carbonyl (C=O) groups excluding carboxylic acids is 2. The minimum absolute atomic E-state index is 0.0213. The lowest BCUT2D eigenvalue weighted by molar-refractivity contribution is 0.101. The average molecular weight is 428 g/mol. The number of rotatable bonds is 5. The summed E-state index contributed by atoms with van der Waals surface area (Å²) in [4.78, 5) is 29.6. The molecule has 1 N–H and O–H groups in total. The van der Waals surface area contributed by atoms with Crippen molar-refractivity contribution in [2.24, 2.45) is 0 Å². The summed E-state index contributed by atoms with van der Waals surface area (Å²) in [6.45, 7) is 9.10. The molecule has 5 heteroatoms. The van der Waals surface area contributed by atoms with Crippen LogP contribution in [0.3, 0.4) is 0 Å². The highest BCUT2D eigenvalue weighted by Gasteiger charge is 2.22. The van der Waals surface area contributed by atoms with E-state index in [9.17, 15) is 9.59 Å². The van der Waals surface area contributed by atoms with E-state index in [0.717, 1.165) is 37.4 Å². The van der Waals surface area contributed by atoms with E-state index in [-0.39, 0.29) is 11.7 Å². The van der Waals surface area contributed by atoms with E-state index in [4.69, 9.17) is 0 Å². The topological polar surface area (TPSA) is 52.7 Å². The lowest BCUT2D eigenvalue weighted by Crippen LogP contribution is -2.47. The van der Waals surface area contributed by atoms with Crippen molar-refractivity contribution in [2.75, 3.05) is 41.3 Å². The summed E-state index contributed by atoms with van der Waals surface area (Å²) in [7, 11) is 0. The molecule has 1 aliphatic rings. The van der Waals surface area contributed by atoms with Gasteiger partial charge in [-0.2, -0.15) is 0 Å². The molecule has 32 heavy (non-hydrogen) atoms. The molecule has 5 nitrogen and oxygen atoms in total. The maximum atomic E-state index is 12.9. The molecular weight excluding hydrogens is 398 g/mol. The summed E-state index contributed by atoms with van der Waals surface area (Å²) in [5.74, 6) is -0.193. The number of amides is 1. The fraction of sp³-hybridized carbons (Fsp3) is 0.259. The van der Waals surface area contributed by atoms with Crippen LogP contribution in [-0.2, 0) is 0 Å². The molecule has 4 rings (SSSR count). The number of anilines is 3. The second-order valence-corrected chi connectivity index (χ2v) is 8.37. The van der Waals surface area contributed by atoms with Gasteiger partial charge in [-0.25, -0.2) is 0 Å². The van der Waals surface area contributed by atoms with Gasteiger partial charge in [0.15, 0.2) is 5.78 Å². The molecule has 0 saturated carbocycles. The number of benzene rings is 3. The monoisotopic (exact) mass is 427 g/mol. The number of hydrogen-bond acceptors (Lipinski definition) is 4. The molecule has 0 radical (unpaired) electrons. The molecule has 1 heterocycles. The van der Waals surface area contributed by atoms with Gasteiger partial charge in [-0.3, -0.25) is 9.59 Å². The Bertz CT molecular complexity index is 1150. The van der Waals surface area contributed by atoms with Gasteiger partial charge in [-0.15, -0.1) is 0 Å². The Balaban J connectivity index is 1.57. The van der Waals surface area contributed by atoms with Gasteiger partial charge in [0.2, 0.25) is 0 Å². The van der Waals surface area contributed by atoms with Crippen molar-refractivity contribution in [1.82, 2.24) is 0 Å². The van der Waals surface area contributed by atoms with Gasteiger partial charge in [0.25, 0.3) is 5.91 Å². The fourth-order valence-electron chi connectivity index (χ4n) is 4.22. The predicted octanol–water partition coefficient (Wildman–Crippen LogP) is 5.08. The van der Waals surface area contributed by atoms with Crippen molar-refractivity contribution in [2.45, 2.75) is 20.8 Å². The molecule has 0 bridgehead atoms. The molecule has 0 spiro atoms. The van der Waals surface area contributed by atoms with Crippen molar-refractivity contribution in [3.63, 3.8) is 0 Å². The quantitative estimate of drug-likeness (QED) is 0.577. The minimum Gasteiger partial charge on any atom is -0.368 e. The number of Topliss-reactive ketones (excluding diaryl/α,β-unsaturated/α-hetero) is 1. The van der Waals surface area contributed by atoms with Crippen molar-refractivity contribution < 1.29 is 9.59 Å². The van der Waals surface area contributed by atoms with E-state index in [0.29, 0.717) is 16.8 Å². The number of para-hydroxylation sites is 1. The van der Waals surface area contributed by atoms with Crippen LogP contribution in [0, 0.1) is 13.8 Å². The van der Waals surface area contributed by atoms with E-state index in [1.807, 2.05) is 37.3 Å². The summed E-state index contributed by atoms with van der Waals surface area (Å²) < 4.78 is 0. The largest absolute Gasteiger partial charge is 0.368 e. The van der Waals surface area contributed by atoms with Crippen LogP contribution in [0.15, 0.2) is 66.7 Å². The van der Waals surface area contributed by atoms with Crippen LogP contribution in [0.1, 0.15) is 38.8 Å². The zero-order valence-electron chi connectivity index (χ0n) is 18.9. The molecule has 0 aliphatic carbocycles. The zero-order valence-corrected chi connectivity index (χ0v) is 18.9. The molecule has 1 amide bonds. The molecule has 1 aliphatic heterocycles. The predicted molar refractivity (Wildman–Crippen MR) is 131 cm³/mol. The van der Waals surface area contributed by atoms with Crippen LogP contribution in [0.25, 0.3) is 0 Å². The first-order valence-corrected chi connectivity index (χ1v) is 11.0. The highest BCUT2D eigenvalue weighted by atomic mass is 16.1. The molecule has 0 atom stereocenters. The molecule has 0 aromatic heterocycles. The molecule has 1 fully saturated rings. The van der Waals surface area contributed by atoms with Crippen molar-refractivity contribution in [3.05, 3.63) is 89.0 Å². The van der Waals surface area contributed by atoms with Gasteiger partial charge in [-0.05, 0) is 62.7 Å². The van der Waals surface area contributed by atoms with E-state index in [2.05, 4.69) is 46.3 Å². The molecule has 1 saturated heterocycles. The van der Waals surface area contributed by atoms with Gasteiger partial charge < -0.3 is 15.1 Å². The van der Waals surface area contributed by atoms with Gasteiger partial charge in [-0.1, -0.05) is 35.9 Å². The van der Waals surface area contributed by atoms with E-state index >= 15 is 0 Å². The first-order chi connectivity index (χ1) is 15.4. The first kappa shape index (κ1) is 21.6. The Kier molecular flexibility index (Phi) is 6.26. The maximum Gasteiger partial charge on any atom is 0.255 e. The Labute approximate surface area is 189 Å². The Morgan fingerprint density at radius 2 is 1.44 bits per heavy atom. The summed E-state index contributed by atoms with van der Waals surface area (Å²) >= 11 is 0. The molecule has 3 aromatic carbocycles.